The number of carbonyl (C=O) groups is 1. The minimum atomic E-state index is -4.24. The van der Waals surface area contributed by atoms with E-state index in [0.29, 0.717) is 30.3 Å². The molecular formula is C26H28FN3O5S. The Morgan fingerprint density at radius 1 is 1.00 bits per heavy atom. The number of hydrogen-bond donors (Lipinski definition) is 1. The van der Waals surface area contributed by atoms with Gasteiger partial charge in [0.05, 0.1) is 30.0 Å². The lowest BCUT2D eigenvalue weighted by Crippen LogP contribution is -2.40. The summed E-state index contributed by atoms with van der Waals surface area (Å²) in [6.07, 6.45) is 1.39. The second kappa shape index (κ2) is 12.2. The van der Waals surface area contributed by atoms with Gasteiger partial charge in [0, 0.05) is 0 Å². The summed E-state index contributed by atoms with van der Waals surface area (Å²) in [6, 6.07) is 16.6. The molecule has 0 aromatic heterocycles. The van der Waals surface area contributed by atoms with Crippen molar-refractivity contribution >= 4 is 27.8 Å². The first-order valence-electron chi connectivity index (χ1n) is 11.3. The topological polar surface area (TPSA) is 97.3 Å². The molecule has 1 N–H and O–H groups in total. The third-order valence-electron chi connectivity index (χ3n) is 4.99. The van der Waals surface area contributed by atoms with Crippen molar-refractivity contribution in [2.24, 2.45) is 5.10 Å². The molecule has 0 bridgehead atoms. The van der Waals surface area contributed by atoms with Crippen LogP contribution in [0.5, 0.6) is 11.5 Å². The number of anilines is 1. The summed E-state index contributed by atoms with van der Waals surface area (Å²) >= 11 is 0. The summed E-state index contributed by atoms with van der Waals surface area (Å²) in [7, 11) is -4.24. The molecule has 0 unspecified atom stereocenters. The summed E-state index contributed by atoms with van der Waals surface area (Å²) in [4.78, 5) is 12.6. The van der Waals surface area contributed by atoms with E-state index in [1.807, 2.05) is 20.8 Å². The molecule has 0 heterocycles. The zero-order chi connectivity index (χ0) is 26.1. The van der Waals surface area contributed by atoms with Crippen LogP contribution in [0.3, 0.4) is 0 Å². The molecule has 0 saturated carbocycles. The Labute approximate surface area is 210 Å². The zero-order valence-corrected chi connectivity index (χ0v) is 21.1. The van der Waals surface area contributed by atoms with Gasteiger partial charge in [-0.2, -0.15) is 5.10 Å². The number of hydrogen-bond acceptors (Lipinski definition) is 6. The lowest BCUT2D eigenvalue weighted by atomic mass is 10.2. The van der Waals surface area contributed by atoms with Gasteiger partial charge in [-0.3, -0.25) is 9.10 Å². The highest BCUT2D eigenvalue weighted by Gasteiger charge is 2.29. The van der Waals surface area contributed by atoms with Crippen LogP contribution >= 0.6 is 0 Å². The van der Waals surface area contributed by atoms with Crippen LogP contribution in [0.1, 0.15) is 25.0 Å². The number of halogens is 1. The van der Waals surface area contributed by atoms with Crippen molar-refractivity contribution in [3.63, 3.8) is 0 Å². The van der Waals surface area contributed by atoms with Gasteiger partial charge in [0.15, 0.2) is 11.5 Å². The number of benzene rings is 3. The molecule has 0 spiro atoms. The summed E-state index contributed by atoms with van der Waals surface area (Å²) in [5, 5.41) is 3.92. The van der Waals surface area contributed by atoms with E-state index < -0.39 is 28.3 Å². The molecule has 0 atom stereocenters. The van der Waals surface area contributed by atoms with Gasteiger partial charge in [-0.1, -0.05) is 29.8 Å². The molecule has 0 radical (unpaired) electrons. The van der Waals surface area contributed by atoms with E-state index in [-0.39, 0.29) is 10.6 Å². The Balaban J connectivity index is 1.81. The van der Waals surface area contributed by atoms with Crippen LogP contribution in [-0.2, 0) is 14.8 Å². The second-order valence-electron chi connectivity index (χ2n) is 7.64. The predicted molar refractivity (Wildman–Crippen MR) is 137 cm³/mol. The smallest absolute Gasteiger partial charge is 0.264 e. The lowest BCUT2D eigenvalue weighted by Gasteiger charge is -2.24. The Kier molecular flexibility index (Phi) is 9.02. The maximum atomic E-state index is 14.6. The van der Waals surface area contributed by atoms with Gasteiger partial charge in [-0.15, -0.1) is 0 Å². The Morgan fingerprint density at radius 3 is 2.33 bits per heavy atom. The molecule has 0 aliphatic heterocycles. The van der Waals surface area contributed by atoms with Gasteiger partial charge in [0.25, 0.3) is 15.9 Å². The van der Waals surface area contributed by atoms with Gasteiger partial charge >= 0.3 is 0 Å². The molecule has 0 aliphatic carbocycles. The monoisotopic (exact) mass is 513 g/mol. The highest BCUT2D eigenvalue weighted by atomic mass is 32.2. The molecule has 3 aromatic carbocycles. The lowest BCUT2D eigenvalue weighted by molar-refractivity contribution is -0.119. The third kappa shape index (κ3) is 6.60. The molecule has 0 aliphatic rings. The van der Waals surface area contributed by atoms with E-state index in [4.69, 9.17) is 9.47 Å². The highest BCUT2D eigenvalue weighted by molar-refractivity contribution is 7.92. The molecule has 0 fully saturated rings. The molecule has 3 rings (SSSR count). The van der Waals surface area contributed by atoms with Gasteiger partial charge in [0.2, 0.25) is 0 Å². The van der Waals surface area contributed by atoms with Crippen LogP contribution in [-0.4, -0.2) is 40.3 Å². The standard InChI is InChI=1S/C26H28FN3O5S/c1-4-34-24-15-12-20(16-25(24)35-5-2)17-28-29-26(31)18-30(23-9-7-6-8-22(23)27)36(32,33)21-13-10-19(3)11-14-21/h6-17H,4-5,18H2,1-3H3,(H,29,31)/b28-17+. The minimum absolute atomic E-state index is 0.0644. The summed E-state index contributed by atoms with van der Waals surface area (Å²) in [5.41, 5.74) is 3.55. The molecule has 190 valence electrons. The van der Waals surface area contributed by atoms with E-state index in [2.05, 4.69) is 10.5 Å². The van der Waals surface area contributed by atoms with E-state index >= 15 is 0 Å². The molecule has 36 heavy (non-hydrogen) atoms. The summed E-state index contributed by atoms with van der Waals surface area (Å²) in [5.74, 6) is -0.407. The maximum absolute atomic E-state index is 14.6. The molecule has 0 saturated heterocycles. The first-order valence-corrected chi connectivity index (χ1v) is 12.8. The van der Waals surface area contributed by atoms with Gasteiger partial charge in [0.1, 0.15) is 12.4 Å². The van der Waals surface area contributed by atoms with Crippen molar-refractivity contribution < 1.29 is 27.1 Å². The normalized spacial score (nSPS) is 11.3. The van der Waals surface area contributed by atoms with Crippen LogP contribution in [0.25, 0.3) is 0 Å². The van der Waals surface area contributed by atoms with E-state index in [1.165, 1.54) is 36.5 Å². The zero-order valence-electron chi connectivity index (χ0n) is 20.3. The van der Waals surface area contributed by atoms with Crippen LogP contribution in [0.2, 0.25) is 0 Å². The van der Waals surface area contributed by atoms with E-state index in [1.54, 1.807) is 30.3 Å². The average Bonchev–Trinajstić information content (AvgIpc) is 2.85. The number of nitrogens with one attached hydrogen (secondary N) is 1. The minimum Gasteiger partial charge on any atom is -0.490 e. The Morgan fingerprint density at radius 2 is 1.67 bits per heavy atom. The number of hydrazone groups is 1. The first kappa shape index (κ1) is 26.7. The van der Waals surface area contributed by atoms with Crippen LogP contribution in [0.15, 0.2) is 76.7 Å². The Bertz CT molecular complexity index is 1330. The van der Waals surface area contributed by atoms with Crippen molar-refractivity contribution in [1.82, 2.24) is 5.43 Å². The predicted octanol–water partition coefficient (Wildman–Crippen LogP) is 4.28. The number of para-hydroxylation sites is 1. The van der Waals surface area contributed by atoms with Gasteiger partial charge < -0.3 is 9.47 Å². The summed E-state index contributed by atoms with van der Waals surface area (Å²) in [6.45, 7) is 5.78. The fourth-order valence-corrected chi connectivity index (χ4v) is 4.71. The van der Waals surface area contributed by atoms with Crippen LogP contribution < -0.4 is 19.2 Å². The Hall–Kier alpha value is -3.92. The van der Waals surface area contributed by atoms with Crippen molar-refractivity contribution in [1.29, 1.82) is 0 Å². The number of amides is 1. The fraction of sp³-hybridized carbons (Fsp3) is 0.231. The van der Waals surface area contributed by atoms with Crippen LogP contribution in [0.4, 0.5) is 10.1 Å². The van der Waals surface area contributed by atoms with Gasteiger partial charge in [-0.05, 0) is 68.8 Å². The number of nitrogens with zero attached hydrogens (tertiary/aromatic N) is 2. The van der Waals surface area contributed by atoms with Crippen molar-refractivity contribution in [3.8, 4) is 11.5 Å². The van der Waals surface area contributed by atoms with Crippen molar-refractivity contribution in [2.75, 3.05) is 24.1 Å². The number of ether oxygens (including phenoxy) is 2. The number of aryl methyl sites for hydroxylation is 1. The number of rotatable bonds is 11. The van der Waals surface area contributed by atoms with E-state index in [9.17, 15) is 17.6 Å². The van der Waals surface area contributed by atoms with Crippen LogP contribution in [0, 0.1) is 12.7 Å². The maximum Gasteiger partial charge on any atom is 0.264 e. The average molecular weight is 514 g/mol. The number of sulfonamides is 1. The number of carbonyl (C=O) groups excluding carboxylic acids is 1. The largest absolute Gasteiger partial charge is 0.490 e. The fourth-order valence-electron chi connectivity index (χ4n) is 3.28. The summed E-state index contributed by atoms with van der Waals surface area (Å²) < 4.78 is 53.0. The SMILES string of the molecule is CCOc1ccc(/C=N/NC(=O)CN(c2ccccc2F)S(=O)(=O)c2ccc(C)cc2)cc1OCC. The van der Waals surface area contributed by atoms with E-state index in [0.717, 1.165) is 15.9 Å². The first-order chi connectivity index (χ1) is 17.3. The molecule has 10 heteroatoms. The highest BCUT2D eigenvalue weighted by Crippen LogP contribution is 2.28. The quantitative estimate of drug-likeness (QED) is 0.305. The van der Waals surface area contributed by atoms with Crippen molar-refractivity contribution in [3.05, 3.63) is 83.7 Å². The molecule has 3 aromatic rings. The molecule has 8 nitrogen and oxygen atoms in total. The van der Waals surface area contributed by atoms with Gasteiger partial charge in [-0.25, -0.2) is 18.2 Å². The molecule has 1 amide bonds. The third-order valence-corrected chi connectivity index (χ3v) is 6.76. The second-order valence-corrected chi connectivity index (χ2v) is 9.50. The molecular weight excluding hydrogens is 485 g/mol. The van der Waals surface area contributed by atoms with Crippen molar-refractivity contribution in [2.45, 2.75) is 25.7 Å².